The summed E-state index contributed by atoms with van der Waals surface area (Å²) in [6.45, 7) is 4.48. The molecule has 1 atom stereocenters. The number of aliphatic hydroxyl groups excluding tert-OH is 1. The van der Waals surface area contributed by atoms with Crippen molar-refractivity contribution in [3.63, 3.8) is 0 Å². The Morgan fingerprint density at radius 3 is 3.06 bits per heavy atom. The van der Waals surface area contributed by atoms with Crippen molar-refractivity contribution in [3.05, 3.63) is 23.0 Å². The molecule has 1 aliphatic heterocycles. The molecule has 4 heteroatoms. The van der Waals surface area contributed by atoms with Gasteiger partial charge in [0, 0.05) is 23.7 Å². The fourth-order valence-corrected chi connectivity index (χ4v) is 1.85. The minimum Gasteiger partial charge on any atom is -0.463 e. The van der Waals surface area contributed by atoms with Gasteiger partial charge in [-0.3, -0.25) is 4.98 Å². The smallest absolute Gasteiger partial charge is 0.200 e. The van der Waals surface area contributed by atoms with Crippen molar-refractivity contribution in [1.29, 1.82) is 0 Å². The molecule has 88 valence electrons. The van der Waals surface area contributed by atoms with E-state index in [0.29, 0.717) is 6.61 Å². The highest BCUT2D eigenvalue weighted by atomic mass is 16.7. The number of fused-ring (bicyclic) bond motifs is 1. The molecule has 0 amide bonds. The second-order valence-corrected chi connectivity index (χ2v) is 3.98. The van der Waals surface area contributed by atoms with Gasteiger partial charge in [0.1, 0.15) is 5.75 Å². The number of rotatable bonds is 3. The molecule has 4 nitrogen and oxygen atoms in total. The van der Waals surface area contributed by atoms with Gasteiger partial charge in [-0.2, -0.15) is 0 Å². The van der Waals surface area contributed by atoms with E-state index < -0.39 is 0 Å². The van der Waals surface area contributed by atoms with E-state index >= 15 is 0 Å². The second-order valence-electron chi connectivity index (χ2n) is 3.98. The minimum absolute atomic E-state index is 0.0270. The molecule has 1 aliphatic rings. The molecule has 0 spiro atoms. The lowest BCUT2D eigenvalue weighted by Crippen LogP contribution is -2.26. The van der Waals surface area contributed by atoms with Gasteiger partial charge in [-0.1, -0.05) is 13.3 Å². The van der Waals surface area contributed by atoms with E-state index in [0.717, 1.165) is 35.4 Å². The average Bonchev–Trinajstić information content (AvgIpc) is 2.31. The first-order valence-electron chi connectivity index (χ1n) is 5.62. The van der Waals surface area contributed by atoms with E-state index in [9.17, 15) is 5.11 Å². The lowest BCUT2D eigenvalue weighted by molar-refractivity contribution is -0.112. The standard InChI is InChI=1S/C12H17NO3/c1-3-4-11-15-7-10-9(6-14)5-13-8(2)12(10)16-11/h5,11,14H,3-4,6-7H2,1-2H3. The highest BCUT2D eigenvalue weighted by molar-refractivity contribution is 5.42. The summed E-state index contributed by atoms with van der Waals surface area (Å²) in [6, 6.07) is 0. The van der Waals surface area contributed by atoms with Gasteiger partial charge in [-0.25, -0.2) is 0 Å². The monoisotopic (exact) mass is 223 g/mol. The lowest BCUT2D eigenvalue weighted by atomic mass is 10.1. The Morgan fingerprint density at radius 1 is 1.56 bits per heavy atom. The van der Waals surface area contributed by atoms with Crippen molar-refractivity contribution in [2.24, 2.45) is 0 Å². The summed E-state index contributed by atoms with van der Waals surface area (Å²) < 4.78 is 11.3. The van der Waals surface area contributed by atoms with Crippen LogP contribution in [0.25, 0.3) is 0 Å². The molecule has 2 heterocycles. The third-order valence-corrected chi connectivity index (χ3v) is 2.76. The van der Waals surface area contributed by atoms with Gasteiger partial charge in [0.15, 0.2) is 6.29 Å². The lowest BCUT2D eigenvalue weighted by Gasteiger charge is -2.28. The number of aliphatic hydroxyl groups is 1. The normalized spacial score (nSPS) is 19.1. The third-order valence-electron chi connectivity index (χ3n) is 2.76. The molecule has 2 rings (SSSR count). The molecule has 0 aromatic carbocycles. The van der Waals surface area contributed by atoms with Gasteiger partial charge in [0.2, 0.25) is 0 Å². The van der Waals surface area contributed by atoms with Gasteiger partial charge in [0.05, 0.1) is 18.9 Å². The van der Waals surface area contributed by atoms with Crippen LogP contribution in [-0.2, 0) is 18.0 Å². The summed E-state index contributed by atoms with van der Waals surface area (Å²) >= 11 is 0. The van der Waals surface area contributed by atoms with Crippen LogP contribution < -0.4 is 4.74 Å². The number of aromatic nitrogens is 1. The van der Waals surface area contributed by atoms with Crippen molar-refractivity contribution in [3.8, 4) is 5.75 Å². The van der Waals surface area contributed by atoms with E-state index in [2.05, 4.69) is 11.9 Å². The van der Waals surface area contributed by atoms with E-state index in [1.165, 1.54) is 0 Å². The summed E-state index contributed by atoms with van der Waals surface area (Å²) in [6.07, 6.45) is 3.40. The summed E-state index contributed by atoms with van der Waals surface area (Å²) in [4.78, 5) is 4.22. The first-order chi connectivity index (χ1) is 7.76. The Balaban J connectivity index is 2.30. The fourth-order valence-electron chi connectivity index (χ4n) is 1.85. The van der Waals surface area contributed by atoms with Crippen LogP contribution in [0.15, 0.2) is 6.20 Å². The van der Waals surface area contributed by atoms with E-state index in [1.54, 1.807) is 6.20 Å². The van der Waals surface area contributed by atoms with Gasteiger partial charge < -0.3 is 14.6 Å². The van der Waals surface area contributed by atoms with Gasteiger partial charge >= 0.3 is 0 Å². The third kappa shape index (κ3) is 2.03. The van der Waals surface area contributed by atoms with Crippen molar-refractivity contribution >= 4 is 0 Å². The number of hydrogen-bond acceptors (Lipinski definition) is 4. The van der Waals surface area contributed by atoms with Gasteiger partial charge in [-0.05, 0) is 6.92 Å². The van der Waals surface area contributed by atoms with Crippen molar-refractivity contribution in [2.45, 2.75) is 46.2 Å². The summed E-state index contributed by atoms with van der Waals surface area (Å²) in [5, 5.41) is 9.20. The topological polar surface area (TPSA) is 51.6 Å². The van der Waals surface area contributed by atoms with Crippen molar-refractivity contribution in [2.75, 3.05) is 0 Å². The maximum absolute atomic E-state index is 9.20. The maximum Gasteiger partial charge on any atom is 0.200 e. The predicted molar refractivity (Wildman–Crippen MR) is 59.0 cm³/mol. The molecule has 16 heavy (non-hydrogen) atoms. The van der Waals surface area contributed by atoms with Gasteiger partial charge in [-0.15, -0.1) is 0 Å². The minimum atomic E-state index is -0.174. The Morgan fingerprint density at radius 2 is 2.38 bits per heavy atom. The highest BCUT2D eigenvalue weighted by Crippen LogP contribution is 2.32. The molecule has 0 saturated heterocycles. The van der Waals surface area contributed by atoms with E-state index in [1.807, 2.05) is 6.92 Å². The molecule has 1 unspecified atom stereocenters. The predicted octanol–water partition coefficient (Wildman–Crippen LogP) is 1.92. The Hall–Kier alpha value is -1.13. The summed E-state index contributed by atoms with van der Waals surface area (Å²) in [5.41, 5.74) is 2.58. The quantitative estimate of drug-likeness (QED) is 0.850. The molecule has 1 aromatic rings. The van der Waals surface area contributed by atoms with Crippen LogP contribution in [0.3, 0.4) is 0 Å². The van der Waals surface area contributed by atoms with Crippen LogP contribution >= 0.6 is 0 Å². The number of hydrogen-bond donors (Lipinski definition) is 1. The first kappa shape index (κ1) is 11.4. The molecule has 1 aromatic heterocycles. The van der Waals surface area contributed by atoms with Crippen LogP contribution in [0.4, 0.5) is 0 Å². The number of aryl methyl sites for hydroxylation is 1. The maximum atomic E-state index is 9.20. The Bertz CT molecular complexity index is 379. The number of nitrogens with zero attached hydrogens (tertiary/aromatic N) is 1. The second kappa shape index (κ2) is 4.80. The van der Waals surface area contributed by atoms with E-state index in [-0.39, 0.29) is 12.9 Å². The molecule has 1 N–H and O–H groups in total. The molecule has 0 radical (unpaired) electrons. The van der Waals surface area contributed by atoms with Crippen LogP contribution in [0.5, 0.6) is 5.75 Å². The van der Waals surface area contributed by atoms with Crippen LogP contribution in [0.1, 0.15) is 36.6 Å². The van der Waals surface area contributed by atoms with Gasteiger partial charge in [0.25, 0.3) is 0 Å². The molecule has 0 fully saturated rings. The van der Waals surface area contributed by atoms with Crippen molar-refractivity contribution in [1.82, 2.24) is 4.98 Å². The van der Waals surface area contributed by atoms with E-state index in [4.69, 9.17) is 9.47 Å². The summed E-state index contributed by atoms with van der Waals surface area (Å²) in [5.74, 6) is 0.788. The number of pyridine rings is 1. The van der Waals surface area contributed by atoms with Crippen LogP contribution in [0.2, 0.25) is 0 Å². The first-order valence-corrected chi connectivity index (χ1v) is 5.62. The SMILES string of the molecule is CCCC1OCc2c(CO)cnc(C)c2O1. The Labute approximate surface area is 95.2 Å². The molecular formula is C12H17NO3. The Kier molecular flexibility index (Phi) is 3.41. The molecular weight excluding hydrogens is 206 g/mol. The van der Waals surface area contributed by atoms with Crippen molar-refractivity contribution < 1.29 is 14.6 Å². The zero-order valence-electron chi connectivity index (χ0n) is 9.69. The zero-order valence-corrected chi connectivity index (χ0v) is 9.69. The number of ether oxygens (including phenoxy) is 2. The molecule has 0 bridgehead atoms. The van der Waals surface area contributed by atoms with Crippen LogP contribution in [0, 0.1) is 6.92 Å². The summed E-state index contributed by atoms with van der Waals surface area (Å²) in [7, 11) is 0. The van der Waals surface area contributed by atoms with Crippen LogP contribution in [-0.4, -0.2) is 16.4 Å². The zero-order chi connectivity index (χ0) is 11.5. The molecule has 0 saturated carbocycles. The average molecular weight is 223 g/mol. The largest absolute Gasteiger partial charge is 0.463 e. The molecule has 0 aliphatic carbocycles. The fraction of sp³-hybridized carbons (Fsp3) is 0.583. The highest BCUT2D eigenvalue weighted by Gasteiger charge is 2.23.